The molecule has 2 N–H and O–H groups in total. The Morgan fingerprint density at radius 3 is 3.15 bits per heavy atom. The Morgan fingerprint density at radius 1 is 1.54 bits per heavy atom. The minimum absolute atomic E-state index is 0.514. The smallest absolute Gasteiger partial charge is 0.125 e. The van der Waals surface area contributed by atoms with Crippen LogP contribution in [-0.2, 0) is 0 Å². The van der Waals surface area contributed by atoms with E-state index in [1.807, 2.05) is 0 Å². The first kappa shape index (κ1) is 8.57. The van der Waals surface area contributed by atoms with Gasteiger partial charge in [0.25, 0.3) is 0 Å². The first-order chi connectivity index (χ1) is 6.33. The van der Waals surface area contributed by atoms with Crippen LogP contribution in [0.15, 0.2) is 18.2 Å². The zero-order chi connectivity index (χ0) is 9.26. The maximum absolute atomic E-state index is 5.64. The number of benzene rings is 1. The number of hydrogen-bond acceptors (Lipinski definition) is 2. The third-order valence-corrected chi connectivity index (χ3v) is 2.63. The molecule has 13 heavy (non-hydrogen) atoms. The van der Waals surface area contributed by atoms with Crippen LogP contribution in [0.4, 0.5) is 0 Å². The first-order valence-electron chi connectivity index (χ1n) is 4.75. The van der Waals surface area contributed by atoms with Gasteiger partial charge >= 0.3 is 0 Å². The van der Waals surface area contributed by atoms with Crippen molar-refractivity contribution in [1.82, 2.24) is 0 Å². The monoisotopic (exact) mass is 177 g/mol. The topological polar surface area (TPSA) is 35.2 Å². The summed E-state index contributed by atoms with van der Waals surface area (Å²) >= 11 is 0. The number of rotatable bonds is 2. The molecule has 0 amide bonds. The summed E-state index contributed by atoms with van der Waals surface area (Å²) in [6.07, 6.45) is 1.02. The van der Waals surface area contributed by atoms with Crippen LogP contribution in [0.25, 0.3) is 0 Å². The normalized spacial score (nSPS) is 19.7. The molecule has 2 heteroatoms. The average molecular weight is 177 g/mol. The highest BCUT2D eigenvalue weighted by molar-refractivity contribution is 5.45. The minimum atomic E-state index is 0.514. The van der Waals surface area contributed by atoms with Crippen LogP contribution in [0.1, 0.15) is 23.5 Å². The Hall–Kier alpha value is -1.02. The first-order valence-corrected chi connectivity index (χ1v) is 4.75. The van der Waals surface area contributed by atoms with Gasteiger partial charge in [0.15, 0.2) is 0 Å². The molecule has 1 heterocycles. The van der Waals surface area contributed by atoms with Gasteiger partial charge in [-0.1, -0.05) is 18.2 Å². The Kier molecular flexibility index (Phi) is 2.23. The lowest BCUT2D eigenvalue weighted by atomic mass is 9.96. The van der Waals surface area contributed by atoms with Crippen molar-refractivity contribution in [3.63, 3.8) is 0 Å². The standard InChI is InChI=1S/C11H15NO/c1-8-3-2-4-10-9(5-6-12)7-13-11(8)10/h2-4,9H,5-7,12H2,1H3. The van der Waals surface area contributed by atoms with E-state index in [9.17, 15) is 0 Å². The molecule has 1 aromatic rings. The summed E-state index contributed by atoms with van der Waals surface area (Å²) in [5.41, 5.74) is 8.12. The van der Waals surface area contributed by atoms with Crippen molar-refractivity contribution in [3.8, 4) is 5.75 Å². The Labute approximate surface area is 78.7 Å². The molecule has 0 aliphatic carbocycles. The van der Waals surface area contributed by atoms with Crippen molar-refractivity contribution in [3.05, 3.63) is 29.3 Å². The molecular weight excluding hydrogens is 162 g/mol. The summed E-state index contributed by atoms with van der Waals surface area (Å²) < 4.78 is 5.64. The van der Waals surface area contributed by atoms with Gasteiger partial charge in [0, 0.05) is 11.5 Å². The lowest BCUT2D eigenvalue weighted by Crippen LogP contribution is -2.08. The minimum Gasteiger partial charge on any atom is -0.492 e. The fourth-order valence-electron chi connectivity index (χ4n) is 1.91. The van der Waals surface area contributed by atoms with Crippen molar-refractivity contribution in [1.29, 1.82) is 0 Å². The van der Waals surface area contributed by atoms with Gasteiger partial charge in [-0.25, -0.2) is 0 Å². The average Bonchev–Trinajstić information content (AvgIpc) is 2.51. The largest absolute Gasteiger partial charge is 0.492 e. The second-order valence-corrected chi connectivity index (χ2v) is 3.58. The SMILES string of the molecule is Cc1cccc2c1OCC2CCN. The highest BCUT2D eigenvalue weighted by atomic mass is 16.5. The third-order valence-electron chi connectivity index (χ3n) is 2.63. The van der Waals surface area contributed by atoms with Crippen LogP contribution in [0.3, 0.4) is 0 Å². The molecule has 0 saturated heterocycles. The van der Waals surface area contributed by atoms with E-state index >= 15 is 0 Å². The van der Waals surface area contributed by atoms with E-state index in [-0.39, 0.29) is 0 Å². The number of hydrogen-bond donors (Lipinski definition) is 1. The molecule has 1 aliphatic heterocycles. The molecule has 0 radical (unpaired) electrons. The second kappa shape index (κ2) is 3.38. The fraction of sp³-hybridized carbons (Fsp3) is 0.455. The molecule has 0 saturated carbocycles. The predicted octanol–water partition coefficient (Wildman–Crippen LogP) is 1.82. The van der Waals surface area contributed by atoms with Gasteiger partial charge in [-0.05, 0) is 25.5 Å². The molecule has 1 atom stereocenters. The molecule has 0 spiro atoms. The molecule has 1 unspecified atom stereocenters. The number of nitrogens with two attached hydrogens (primary N) is 1. The summed E-state index contributed by atoms with van der Waals surface area (Å²) in [6.45, 7) is 3.63. The summed E-state index contributed by atoms with van der Waals surface area (Å²) in [7, 11) is 0. The maximum atomic E-state index is 5.64. The highest BCUT2D eigenvalue weighted by Crippen LogP contribution is 2.37. The van der Waals surface area contributed by atoms with Gasteiger partial charge < -0.3 is 10.5 Å². The van der Waals surface area contributed by atoms with Crippen molar-refractivity contribution in [2.75, 3.05) is 13.2 Å². The van der Waals surface area contributed by atoms with E-state index in [1.165, 1.54) is 11.1 Å². The zero-order valence-corrected chi connectivity index (χ0v) is 7.92. The summed E-state index contributed by atoms with van der Waals surface area (Å²) in [4.78, 5) is 0. The van der Waals surface area contributed by atoms with Crippen LogP contribution in [0.2, 0.25) is 0 Å². The van der Waals surface area contributed by atoms with Gasteiger partial charge in [-0.3, -0.25) is 0 Å². The number of para-hydroxylation sites is 1. The molecular formula is C11H15NO. The number of ether oxygens (including phenoxy) is 1. The second-order valence-electron chi connectivity index (χ2n) is 3.58. The Bertz CT molecular complexity index is 309. The van der Waals surface area contributed by atoms with Gasteiger partial charge in [-0.2, -0.15) is 0 Å². The van der Waals surface area contributed by atoms with E-state index in [2.05, 4.69) is 25.1 Å². The molecule has 0 bridgehead atoms. The van der Waals surface area contributed by atoms with Crippen LogP contribution < -0.4 is 10.5 Å². The van der Waals surface area contributed by atoms with E-state index in [4.69, 9.17) is 10.5 Å². The molecule has 1 aromatic carbocycles. The summed E-state index contributed by atoms with van der Waals surface area (Å²) in [5.74, 6) is 1.60. The van der Waals surface area contributed by atoms with Crippen LogP contribution in [-0.4, -0.2) is 13.2 Å². The predicted molar refractivity (Wildman–Crippen MR) is 53.1 cm³/mol. The summed E-state index contributed by atoms with van der Waals surface area (Å²) in [6, 6.07) is 6.33. The van der Waals surface area contributed by atoms with E-state index in [0.29, 0.717) is 5.92 Å². The summed E-state index contributed by atoms with van der Waals surface area (Å²) in [5, 5.41) is 0. The van der Waals surface area contributed by atoms with Gasteiger partial charge in [0.05, 0.1) is 6.61 Å². The molecule has 2 rings (SSSR count). The Balaban J connectivity index is 2.32. The van der Waals surface area contributed by atoms with Crippen LogP contribution >= 0.6 is 0 Å². The van der Waals surface area contributed by atoms with Gasteiger partial charge in [-0.15, -0.1) is 0 Å². The van der Waals surface area contributed by atoms with E-state index in [0.717, 1.165) is 25.3 Å². The lowest BCUT2D eigenvalue weighted by molar-refractivity contribution is 0.325. The van der Waals surface area contributed by atoms with Crippen LogP contribution in [0, 0.1) is 6.92 Å². The van der Waals surface area contributed by atoms with E-state index in [1.54, 1.807) is 0 Å². The van der Waals surface area contributed by atoms with E-state index < -0.39 is 0 Å². The zero-order valence-electron chi connectivity index (χ0n) is 7.92. The quantitative estimate of drug-likeness (QED) is 0.747. The fourth-order valence-corrected chi connectivity index (χ4v) is 1.91. The molecule has 2 nitrogen and oxygen atoms in total. The Morgan fingerprint density at radius 2 is 2.38 bits per heavy atom. The van der Waals surface area contributed by atoms with Gasteiger partial charge in [0.2, 0.25) is 0 Å². The van der Waals surface area contributed by atoms with Crippen molar-refractivity contribution >= 4 is 0 Å². The molecule has 70 valence electrons. The molecule has 0 fully saturated rings. The number of fused-ring (bicyclic) bond motifs is 1. The van der Waals surface area contributed by atoms with Crippen molar-refractivity contribution in [2.24, 2.45) is 5.73 Å². The van der Waals surface area contributed by atoms with Crippen molar-refractivity contribution in [2.45, 2.75) is 19.3 Å². The maximum Gasteiger partial charge on any atom is 0.125 e. The molecule has 0 aromatic heterocycles. The molecule has 1 aliphatic rings. The van der Waals surface area contributed by atoms with Gasteiger partial charge in [0.1, 0.15) is 5.75 Å². The third kappa shape index (κ3) is 1.42. The van der Waals surface area contributed by atoms with Crippen LogP contribution in [0.5, 0.6) is 5.75 Å². The lowest BCUT2D eigenvalue weighted by Gasteiger charge is -2.05. The highest BCUT2D eigenvalue weighted by Gasteiger charge is 2.23. The number of aryl methyl sites for hydroxylation is 1. The van der Waals surface area contributed by atoms with Crippen molar-refractivity contribution < 1.29 is 4.74 Å².